The quantitative estimate of drug-likeness (QED) is 0.709. The van der Waals surface area contributed by atoms with Gasteiger partial charge in [0.2, 0.25) is 5.89 Å². The van der Waals surface area contributed by atoms with Gasteiger partial charge in [-0.15, -0.1) is 5.10 Å². The molecule has 0 spiro atoms. The van der Waals surface area contributed by atoms with E-state index in [0.717, 1.165) is 31.5 Å². The van der Waals surface area contributed by atoms with Crippen molar-refractivity contribution < 1.29 is 13.9 Å². The van der Waals surface area contributed by atoms with E-state index < -0.39 is 6.04 Å². The van der Waals surface area contributed by atoms with Crippen molar-refractivity contribution >= 4 is 11.9 Å². The number of nitrogens with zero attached hydrogens (tertiary/aromatic N) is 3. The molecule has 0 radical (unpaired) electrons. The van der Waals surface area contributed by atoms with Crippen LogP contribution < -0.4 is 15.0 Å². The first-order chi connectivity index (χ1) is 13.7. The maximum atomic E-state index is 12.9. The molecule has 4 rings (SSSR count). The summed E-state index contributed by atoms with van der Waals surface area (Å²) in [6, 6.07) is 16.6. The topological polar surface area (TPSA) is 80.5 Å². The summed E-state index contributed by atoms with van der Waals surface area (Å²) in [6.07, 6.45) is 2.23. The molecule has 28 heavy (non-hydrogen) atoms. The Labute approximate surface area is 163 Å². The van der Waals surface area contributed by atoms with Crippen LogP contribution in [0.2, 0.25) is 0 Å². The Kier molecular flexibility index (Phi) is 5.23. The van der Waals surface area contributed by atoms with Crippen LogP contribution in [0.3, 0.4) is 0 Å². The van der Waals surface area contributed by atoms with Gasteiger partial charge in [-0.25, -0.2) is 0 Å². The first-order valence-corrected chi connectivity index (χ1v) is 9.33. The molecular weight excluding hydrogens is 356 g/mol. The van der Waals surface area contributed by atoms with Gasteiger partial charge in [-0.05, 0) is 36.6 Å². The molecule has 1 atom stereocenters. The van der Waals surface area contributed by atoms with Crippen LogP contribution in [0, 0.1) is 0 Å². The number of carbonyl (C=O) groups is 1. The molecule has 0 aliphatic carbocycles. The van der Waals surface area contributed by atoms with Crippen molar-refractivity contribution in [1.82, 2.24) is 15.5 Å². The van der Waals surface area contributed by atoms with Crippen molar-refractivity contribution in [2.75, 3.05) is 25.1 Å². The molecule has 1 aromatic heterocycles. The third-order valence-electron chi connectivity index (χ3n) is 4.79. The van der Waals surface area contributed by atoms with Crippen molar-refractivity contribution in [3.8, 4) is 5.75 Å². The Morgan fingerprint density at radius 2 is 1.89 bits per heavy atom. The Bertz CT molecular complexity index is 936. The second kappa shape index (κ2) is 8.12. The van der Waals surface area contributed by atoms with Crippen molar-refractivity contribution in [3.63, 3.8) is 0 Å². The molecule has 0 bridgehead atoms. The zero-order valence-corrected chi connectivity index (χ0v) is 15.7. The standard InChI is InChI=1S/C21H22N4O3/c1-27-17-11-7-10-16(14-17)19(26)22-18(15-8-3-2-4-9-15)20-23-24-21(28-20)25-12-5-6-13-25/h2-4,7-11,14,18H,5-6,12-13H2,1H3,(H,22,26). The average molecular weight is 378 g/mol. The van der Waals surface area contributed by atoms with Crippen molar-refractivity contribution in [1.29, 1.82) is 0 Å². The smallest absolute Gasteiger partial charge is 0.318 e. The number of aromatic nitrogens is 2. The monoisotopic (exact) mass is 378 g/mol. The van der Waals surface area contributed by atoms with E-state index in [1.165, 1.54) is 0 Å². The number of nitrogens with one attached hydrogen (secondary N) is 1. The van der Waals surface area contributed by atoms with E-state index in [4.69, 9.17) is 9.15 Å². The molecule has 2 heterocycles. The number of rotatable bonds is 6. The lowest BCUT2D eigenvalue weighted by atomic mass is 10.1. The van der Waals surface area contributed by atoms with Crippen LogP contribution in [0.25, 0.3) is 0 Å². The van der Waals surface area contributed by atoms with E-state index in [1.54, 1.807) is 31.4 Å². The fraction of sp³-hybridized carbons (Fsp3) is 0.286. The number of hydrogen-bond donors (Lipinski definition) is 1. The van der Waals surface area contributed by atoms with Gasteiger partial charge in [0.15, 0.2) is 0 Å². The molecule has 1 amide bonds. The van der Waals surface area contributed by atoms with Gasteiger partial charge in [-0.1, -0.05) is 41.5 Å². The highest BCUT2D eigenvalue weighted by Crippen LogP contribution is 2.26. The lowest BCUT2D eigenvalue weighted by molar-refractivity contribution is 0.0937. The Morgan fingerprint density at radius 3 is 2.64 bits per heavy atom. The van der Waals surface area contributed by atoms with Gasteiger partial charge in [-0.3, -0.25) is 4.79 Å². The van der Waals surface area contributed by atoms with Gasteiger partial charge in [0.1, 0.15) is 11.8 Å². The normalized spacial score (nSPS) is 14.7. The zero-order valence-electron chi connectivity index (χ0n) is 15.7. The van der Waals surface area contributed by atoms with Gasteiger partial charge in [0.25, 0.3) is 5.91 Å². The molecule has 144 valence electrons. The van der Waals surface area contributed by atoms with Crippen LogP contribution in [-0.4, -0.2) is 36.3 Å². The third-order valence-corrected chi connectivity index (χ3v) is 4.79. The summed E-state index contributed by atoms with van der Waals surface area (Å²) in [5.41, 5.74) is 1.37. The third kappa shape index (κ3) is 3.83. The molecule has 2 aromatic carbocycles. The fourth-order valence-corrected chi connectivity index (χ4v) is 3.29. The van der Waals surface area contributed by atoms with Crippen molar-refractivity contribution in [3.05, 3.63) is 71.6 Å². The summed E-state index contributed by atoms with van der Waals surface area (Å²) in [7, 11) is 1.57. The van der Waals surface area contributed by atoms with E-state index in [-0.39, 0.29) is 5.91 Å². The second-order valence-electron chi connectivity index (χ2n) is 6.67. The maximum Gasteiger partial charge on any atom is 0.318 e. The van der Waals surface area contributed by atoms with Gasteiger partial charge >= 0.3 is 6.01 Å². The summed E-state index contributed by atoms with van der Waals surface area (Å²) in [5, 5.41) is 11.4. The largest absolute Gasteiger partial charge is 0.497 e. The lowest BCUT2D eigenvalue weighted by Gasteiger charge is -2.16. The molecular formula is C21H22N4O3. The van der Waals surface area contributed by atoms with Gasteiger partial charge in [0, 0.05) is 18.7 Å². The summed E-state index contributed by atoms with van der Waals surface area (Å²) in [6.45, 7) is 1.82. The minimum absolute atomic E-state index is 0.242. The van der Waals surface area contributed by atoms with E-state index >= 15 is 0 Å². The number of carbonyl (C=O) groups excluding carboxylic acids is 1. The predicted octanol–water partition coefficient (Wildman–Crippen LogP) is 3.20. The number of benzene rings is 2. The molecule has 1 fully saturated rings. The number of anilines is 1. The van der Waals surface area contributed by atoms with E-state index in [9.17, 15) is 4.79 Å². The van der Waals surface area contributed by atoms with Crippen LogP contribution in [0.1, 0.15) is 40.7 Å². The summed E-state index contributed by atoms with van der Waals surface area (Å²) >= 11 is 0. The highest BCUT2D eigenvalue weighted by atomic mass is 16.5. The fourth-order valence-electron chi connectivity index (χ4n) is 3.29. The van der Waals surface area contributed by atoms with Gasteiger partial charge in [-0.2, -0.15) is 0 Å². The lowest BCUT2D eigenvalue weighted by Crippen LogP contribution is -2.29. The molecule has 1 N–H and O–H groups in total. The molecule has 0 saturated carbocycles. The average Bonchev–Trinajstić information content (AvgIpc) is 3.44. The Hall–Kier alpha value is -3.35. The number of methoxy groups -OCH3 is 1. The Balaban J connectivity index is 1.61. The summed E-state index contributed by atoms with van der Waals surface area (Å²) in [5.74, 6) is 0.746. The zero-order chi connectivity index (χ0) is 19.3. The van der Waals surface area contributed by atoms with Gasteiger partial charge < -0.3 is 19.4 Å². The first kappa shape index (κ1) is 18.0. The summed E-state index contributed by atoms with van der Waals surface area (Å²) < 4.78 is 11.1. The minimum atomic E-state index is -0.538. The van der Waals surface area contributed by atoms with E-state index in [1.807, 2.05) is 30.3 Å². The predicted molar refractivity (Wildman–Crippen MR) is 104 cm³/mol. The number of amides is 1. The Morgan fingerprint density at radius 1 is 1.11 bits per heavy atom. The molecule has 3 aromatic rings. The first-order valence-electron chi connectivity index (χ1n) is 9.33. The molecule has 1 aliphatic rings. The molecule has 1 aliphatic heterocycles. The van der Waals surface area contributed by atoms with E-state index in [0.29, 0.717) is 23.2 Å². The van der Waals surface area contributed by atoms with Crippen LogP contribution >= 0.6 is 0 Å². The summed E-state index contributed by atoms with van der Waals surface area (Å²) in [4.78, 5) is 14.9. The molecule has 1 unspecified atom stereocenters. The number of hydrogen-bond acceptors (Lipinski definition) is 6. The molecule has 7 heteroatoms. The maximum absolute atomic E-state index is 12.9. The van der Waals surface area contributed by atoms with Crippen LogP contribution in [0.5, 0.6) is 5.75 Å². The van der Waals surface area contributed by atoms with Crippen LogP contribution in [-0.2, 0) is 0 Å². The molecule has 1 saturated heterocycles. The van der Waals surface area contributed by atoms with E-state index in [2.05, 4.69) is 20.4 Å². The number of ether oxygens (including phenoxy) is 1. The van der Waals surface area contributed by atoms with Crippen molar-refractivity contribution in [2.24, 2.45) is 0 Å². The SMILES string of the molecule is COc1cccc(C(=O)NC(c2ccccc2)c2nnc(N3CCCC3)o2)c1. The second-order valence-corrected chi connectivity index (χ2v) is 6.67. The van der Waals surface area contributed by atoms with Crippen LogP contribution in [0.4, 0.5) is 6.01 Å². The van der Waals surface area contributed by atoms with Crippen molar-refractivity contribution in [2.45, 2.75) is 18.9 Å². The van der Waals surface area contributed by atoms with Gasteiger partial charge in [0.05, 0.1) is 7.11 Å². The minimum Gasteiger partial charge on any atom is -0.497 e. The molecule has 7 nitrogen and oxygen atoms in total. The van der Waals surface area contributed by atoms with Crippen LogP contribution in [0.15, 0.2) is 59.0 Å². The highest BCUT2D eigenvalue weighted by Gasteiger charge is 2.26. The highest BCUT2D eigenvalue weighted by molar-refractivity contribution is 5.95.